The third-order valence-electron chi connectivity index (χ3n) is 2.97. The zero-order valence-corrected chi connectivity index (χ0v) is 11.9. The SMILES string of the molecule is COCCOCCNC(C)CCc1ccc(O)cc1. The number of nitrogens with one attached hydrogen (secondary N) is 1. The number of methoxy groups -OCH3 is 1. The lowest BCUT2D eigenvalue weighted by molar-refractivity contribution is 0.0711. The molecule has 1 aromatic carbocycles. The Bertz CT molecular complexity index is 327. The molecule has 0 aliphatic carbocycles. The number of hydrogen-bond donors (Lipinski definition) is 2. The summed E-state index contributed by atoms with van der Waals surface area (Å²) in [5.41, 5.74) is 1.25. The summed E-state index contributed by atoms with van der Waals surface area (Å²) in [7, 11) is 1.67. The van der Waals surface area contributed by atoms with Crippen LogP contribution in [0.5, 0.6) is 5.75 Å². The molecule has 4 heteroatoms. The molecule has 0 aromatic heterocycles. The van der Waals surface area contributed by atoms with Crippen LogP contribution in [-0.2, 0) is 15.9 Å². The molecule has 108 valence electrons. The van der Waals surface area contributed by atoms with Gasteiger partial charge >= 0.3 is 0 Å². The minimum absolute atomic E-state index is 0.322. The van der Waals surface area contributed by atoms with E-state index in [0.717, 1.165) is 19.4 Å². The lowest BCUT2D eigenvalue weighted by Crippen LogP contribution is -2.30. The summed E-state index contributed by atoms with van der Waals surface area (Å²) in [4.78, 5) is 0. The van der Waals surface area contributed by atoms with Gasteiger partial charge in [-0.2, -0.15) is 0 Å². The number of phenolic OH excluding ortho intramolecular Hbond substituents is 1. The van der Waals surface area contributed by atoms with Gasteiger partial charge in [-0.15, -0.1) is 0 Å². The second kappa shape index (κ2) is 9.78. The van der Waals surface area contributed by atoms with Crippen LogP contribution in [0.2, 0.25) is 0 Å². The lowest BCUT2D eigenvalue weighted by Gasteiger charge is -2.14. The molecule has 0 radical (unpaired) electrons. The number of aromatic hydroxyl groups is 1. The highest BCUT2D eigenvalue weighted by Crippen LogP contribution is 2.11. The highest BCUT2D eigenvalue weighted by Gasteiger charge is 2.02. The van der Waals surface area contributed by atoms with Gasteiger partial charge in [0, 0.05) is 19.7 Å². The summed E-state index contributed by atoms with van der Waals surface area (Å²) in [6.45, 7) is 5.05. The van der Waals surface area contributed by atoms with Gasteiger partial charge in [-0.3, -0.25) is 0 Å². The number of ether oxygens (including phenoxy) is 2. The summed E-state index contributed by atoms with van der Waals surface area (Å²) >= 11 is 0. The van der Waals surface area contributed by atoms with E-state index in [1.807, 2.05) is 12.1 Å². The Hall–Kier alpha value is -1.10. The molecule has 0 aliphatic heterocycles. The van der Waals surface area contributed by atoms with Crippen LogP contribution in [0, 0.1) is 0 Å². The minimum atomic E-state index is 0.322. The maximum absolute atomic E-state index is 9.20. The number of phenols is 1. The predicted molar refractivity (Wildman–Crippen MR) is 76.6 cm³/mol. The van der Waals surface area contributed by atoms with Crippen LogP contribution >= 0.6 is 0 Å². The fourth-order valence-electron chi connectivity index (χ4n) is 1.77. The third kappa shape index (κ3) is 7.82. The van der Waals surface area contributed by atoms with Crippen molar-refractivity contribution in [3.63, 3.8) is 0 Å². The summed E-state index contributed by atoms with van der Waals surface area (Å²) in [6, 6.07) is 7.86. The van der Waals surface area contributed by atoms with Crippen LogP contribution in [0.1, 0.15) is 18.9 Å². The largest absolute Gasteiger partial charge is 0.508 e. The molecule has 2 N–H and O–H groups in total. The molecule has 0 spiro atoms. The third-order valence-corrected chi connectivity index (χ3v) is 2.97. The number of hydrogen-bond acceptors (Lipinski definition) is 4. The van der Waals surface area contributed by atoms with Crippen molar-refractivity contribution >= 4 is 0 Å². The van der Waals surface area contributed by atoms with Crippen molar-refractivity contribution in [2.75, 3.05) is 33.5 Å². The number of benzene rings is 1. The molecule has 1 aromatic rings. The van der Waals surface area contributed by atoms with Crippen LogP contribution in [0.3, 0.4) is 0 Å². The van der Waals surface area contributed by atoms with Gasteiger partial charge in [-0.05, 0) is 37.5 Å². The summed E-state index contributed by atoms with van der Waals surface area (Å²) in [5, 5.41) is 12.6. The van der Waals surface area contributed by atoms with E-state index >= 15 is 0 Å². The standard InChI is InChI=1S/C15H25NO3/c1-13(16-9-10-19-12-11-18-2)3-4-14-5-7-15(17)8-6-14/h5-8,13,16-17H,3-4,9-12H2,1-2H3. The first-order valence-corrected chi connectivity index (χ1v) is 6.80. The average molecular weight is 267 g/mol. The van der Waals surface area contributed by atoms with Gasteiger partial charge in [0.25, 0.3) is 0 Å². The van der Waals surface area contributed by atoms with E-state index in [1.165, 1.54) is 5.56 Å². The number of rotatable bonds is 10. The smallest absolute Gasteiger partial charge is 0.115 e. The van der Waals surface area contributed by atoms with E-state index in [1.54, 1.807) is 19.2 Å². The molecule has 1 atom stereocenters. The highest BCUT2D eigenvalue weighted by molar-refractivity contribution is 5.25. The van der Waals surface area contributed by atoms with Gasteiger partial charge in [-0.1, -0.05) is 12.1 Å². The van der Waals surface area contributed by atoms with Gasteiger partial charge in [0.1, 0.15) is 5.75 Å². The van der Waals surface area contributed by atoms with E-state index in [2.05, 4.69) is 12.2 Å². The fraction of sp³-hybridized carbons (Fsp3) is 0.600. The van der Waals surface area contributed by atoms with Crippen LogP contribution in [0.25, 0.3) is 0 Å². The van der Waals surface area contributed by atoms with Crippen LogP contribution in [0.15, 0.2) is 24.3 Å². The maximum atomic E-state index is 9.20. The summed E-state index contributed by atoms with van der Waals surface area (Å²) in [6.07, 6.45) is 2.09. The minimum Gasteiger partial charge on any atom is -0.508 e. The molecule has 4 nitrogen and oxygen atoms in total. The quantitative estimate of drug-likeness (QED) is 0.636. The van der Waals surface area contributed by atoms with E-state index in [0.29, 0.717) is 31.6 Å². The van der Waals surface area contributed by atoms with Gasteiger partial charge in [0.2, 0.25) is 0 Å². The first-order chi connectivity index (χ1) is 9.22. The maximum Gasteiger partial charge on any atom is 0.115 e. The Morgan fingerprint density at radius 2 is 1.89 bits per heavy atom. The first kappa shape index (κ1) is 16.0. The second-order valence-corrected chi connectivity index (χ2v) is 4.67. The number of aryl methyl sites for hydroxylation is 1. The van der Waals surface area contributed by atoms with Crippen LogP contribution in [0.4, 0.5) is 0 Å². The van der Waals surface area contributed by atoms with Gasteiger partial charge in [-0.25, -0.2) is 0 Å². The van der Waals surface area contributed by atoms with E-state index in [-0.39, 0.29) is 0 Å². The van der Waals surface area contributed by atoms with Gasteiger partial charge in [0.15, 0.2) is 0 Å². The molecule has 1 unspecified atom stereocenters. The Morgan fingerprint density at radius 3 is 2.58 bits per heavy atom. The monoisotopic (exact) mass is 267 g/mol. The molecular weight excluding hydrogens is 242 g/mol. The van der Waals surface area contributed by atoms with Crippen molar-refractivity contribution in [1.82, 2.24) is 5.32 Å². The Balaban J connectivity index is 2.04. The molecule has 0 bridgehead atoms. The van der Waals surface area contributed by atoms with Gasteiger partial charge < -0.3 is 19.9 Å². The molecule has 0 saturated carbocycles. The molecule has 0 fully saturated rings. The lowest BCUT2D eigenvalue weighted by atomic mass is 10.1. The normalized spacial score (nSPS) is 12.5. The second-order valence-electron chi connectivity index (χ2n) is 4.67. The molecule has 0 heterocycles. The topological polar surface area (TPSA) is 50.7 Å². The first-order valence-electron chi connectivity index (χ1n) is 6.80. The highest BCUT2D eigenvalue weighted by atomic mass is 16.5. The Kier molecular flexibility index (Phi) is 8.21. The zero-order chi connectivity index (χ0) is 13.9. The van der Waals surface area contributed by atoms with Crippen molar-refractivity contribution in [3.8, 4) is 5.75 Å². The van der Waals surface area contributed by atoms with Crippen LogP contribution < -0.4 is 5.32 Å². The summed E-state index contributed by atoms with van der Waals surface area (Å²) in [5.74, 6) is 0.322. The van der Waals surface area contributed by atoms with Crippen molar-refractivity contribution < 1.29 is 14.6 Å². The predicted octanol–water partition coefficient (Wildman–Crippen LogP) is 1.97. The summed E-state index contributed by atoms with van der Waals surface area (Å²) < 4.78 is 10.3. The molecule has 0 saturated heterocycles. The Morgan fingerprint density at radius 1 is 1.16 bits per heavy atom. The molecule has 19 heavy (non-hydrogen) atoms. The molecule has 0 aliphatic rings. The van der Waals surface area contributed by atoms with Crippen molar-refractivity contribution in [1.29, 1.82) is 0 Å². The Labute approximate surface area is 115 Å². The van der Waals surface area contributed by atoms with Crippen molar-refractivity contribution in [3.05, 3.63) is 29.8 Å². The van der Waals surface area contributed by atoms with Crippen LogP contribution in [-0.4, -0.2) is 44.6 Å². The average Bonchev–Trinajstić information content (AvgIpc) is 2.42. The van der Waals surface area contributed by atoms with E-state index < -0.39 is 0 Å². The zero-order valence-electron chi connectivity index (χ0n) is 11.9. The van der Waals surface area contributed by atoms with E-state index in [4.69, 9.17) is 9.47 Å². The van der Waals surface area contributed by atoms with Gasteiger partial charge in [0.05, 0.1) is 19.8 Å². The van der Waals surface area contributed by atoms with E-state index in [9.17, 15) is 5.11 Å². The van der Waals surface area contributed by atoms with Crippen molar-refractivity contribution in [2.45, 2.75) is 25.8 Å². The fourth-order valence-corrected chi connectivity index (χ4v) is 1.77. The molecule has 1 rings (SSSR count). The molecule has 0 amide bonds. The van der Waals surface area contributed by atoms with Crippen molar-refractivity contribution in [2.24, 2.45) is 0 Å². The molecular formula is C15H25NO3.